The van der Waals surface area contributed by atoms with E-state index in [9.17, 15) is 14.0 Å². The second-order valence-corrected chi connectivity index (χ2v) is 7.74. The molecular weight excluding hydrogens is 345 g/mol. The molecule has 0 spiro atoms. The minimum Gasteiger partial charge on any atom is -0.355 e. The molecule has 148 valence electrons. The second kappa shape index (κ2) is 9.83. The van der Waals surface area contributed by atoms with Crippen molar-refractivity contribution < 1.29 is 14.0 Å². The maximum Gasteiger partial charge on any atom is 0.254 e. The van der Waals surface area contributed by atoms with E-state index in [4.69, 9.17) is 0 Å². The Labute approximate surface area is 160 Å². The SMILES string of the molecule is O=C(CN1CCCN(C(=O)c2cccc(F)c2)CC1)NCC1CCCCC1. The summed E-state index contributed by atoms with van der Waals surface area (Å²) in [6.45, 7) is 3.83. The third-order valence-electron chi connectivity index (χ3n) is 5.63. The Morgan fingerprint density at radius 3 is 2.63 bits per heavy atom. The summed E-state index contributed by atoms with van der Waals surface area (Å²) < 4.78 is 13.4. The average molecular weight is 375 g/mol. The first-order valence-corrected chi connectivity index (χ1v) is 10.2. The van der Waals surface area contributed by atoms with Crippen LogP contribution in [0.15, 0.2) is 24.3 Å². The highest BCUT2D eigenvalue weighted by atomic mass is 19.1. The van der Waals surface area contributed by atoms with Crippen molar-refractivity contribution in [2.24, 2.45) is 5.92 Å². The quantitative estimate of drug-likeness (QED) is 0.861. The van der Waals surface area contributed by atoms with E-state index in [0.717, 1.165) is 19.5 Å². The van der Waals surface area contributed by atoms with Crippen LogP contribution in [0.5, 0.6) is 0 Å². The first-order valence-electron chi connectivity index (χ1n) is 10.2. The van der Waals surface area contributed by atoms with Gasteiger partial charge in [-0.1, -0.05) is 25.3 Å². The number of nitrogens with one attached hydrogen (secondary N) is 1. The van der Waals surface area contributed by atoms with Gasteiger partial charge in [-0.3, -0.25) is 14.5 Å². The molecule has 0 radical (unpaired) electrons. The smallest absolute Gasteiger partial charge is 0.254 e. The van der Waals surface area contributed by atoms with Crippen LogP contribution in [-0.4, -0.2) is 60.9 Å². The first kappa shape index (κ1) is 19.8. The molecule has 1 aromatic carbocycles. The number of hydrogen-bond donors (Lipinski definition) is 1. The molecule has 1 saturated heterocycles. The van der Waals surface area contributed by atoms with E-state index in [1.165, 1.54) is 44.2 Å². The van der Waals surface area contributed by atoms with Crippen molar-refractivity contribution in [1.29, 1.82) is 0 Å². The summed E-state index contributed by atoms with van der Waals surface area (Å²) in [4.78, 5) is 28.7. The standard InChI is InChI=1S/C21H30FN3O2/c22-19-9-4-8-18(14-19)21(27)25-11-5-10-24(12-13-25)16-20(26)23-15-17-6-2-1-3-7-17/h4,8-9,14,17H,1-3,5-7,10-13,15-16H2,(H,23,26). The zero-order valence-corrected chi connectivity index (χ0v) is 16.0. The maximum atomic E-state index is 13.4. The van der Waals surface area contributed by atoms with E-state index in [1.807, 2.05) is 0 Å². The van der Waals surface area contributed by atoms with Crippen molar-refractivity contribution >= 4 is 11.8 Å². The van der Waals surface area contributed by atoms with E-state index < -0.39 is 5.82 Å². The van der Waals surface area contributed by atoms with Gasteiger partial charge in [0.15, 0.2) is 0 Å². The molecule has 1 aromatic rings. The van der Waals surface area contributed by atoms with Crippen molar-refractivity contribution in [3.63, 3.8) is 0 Å². The highest BCUT2D eigenvalue weighted by Gasteiger charge is 2.22. The monoisotopic (exact) mass is 375 g/mol. The number of benzene rings is 1. The lowest BCUT2D eigenvalue weighted by Crippen LogP contribution is -2.41. The summed E-state index contributed by atoms with van der Waals surface area (Å²) in [5, 5.41) is 3.08. The topological polar surface area (TPSA) is 52.7 Å². The molecular formula is C21H30FN3O2. The lowest BCUT2D eigenvalue weighted by molar-refractivity contribution is -0.122. The highest BCUT2D eigenvalue weighted by molar-refractivity contribution is 5.94. The summed E-state index contributed by atoms with van der Waals surface area (Å²) in [6.07, 6.45) is 7.14. The number of halogens is 1. The highest BCUT2D eigenvalue weighted by Crippen LogP contribution is 2.22. The van der Waals surface area contributed by atoms with Crippen LogP contribution in [-0.2, 0) is 4.79 Å². The summed E-state index contributed by atoms with van der Waals surface area (Å²) in [6, 6.07) is 5.83. The minimum atomic E-state index is -0.396. The molecule has 5 nitrogen and oxygen atoms in total. The molecule has 1 aliphatic heterocycles. The Balaban J connectivity index is 1.43. The third kappa shape index (κ3) is 6.03. The lowest BCUT2D eigenvalue weighted by Gasteiger charge is -2.24. The normalized spacial score (nSPS) is 19.5. The number of amides is 2. The Hall–Kier alpha value is -1.95. The van der Waals surface area contributed by atoms with Gasteiger partial charge < -0.3 is 10.2 Å². The summed E-state index contributed by atoms with van der Waals surface area (Å²) in [7, 11) is 0. The second-order valence-electron chi connectivity index (χ2n) is 7.74. The van der Waals surface area contributed by atoms with Crippen molar-refractivity contribution in [2.75, 3.05) is 39.3 Å². The lowest BCUT2D eigenvalue weighted by atomic mass is 9.89. The minimum absolute atomic E-state index is 0.0745. The third-order valence-corrected chi connectivity index (χ3v) is 5.63. The van der Waals surface area contributed by atoms with E-state index >= 15 is 0 Å². The Morgan fingerprint density at radius 2 is 1.85 bits per heavy atom. The van der Waals surface area contributed by atoms with Crippen LogP contribution in [0.3, 0.4) is 0 Å². The van der Waals surface area contributed by atoms with E-state index in [1.54, 1.807) is 17.0 Å². The zero-order valence-electron chi connectivity index (χ0n) is 16.0. The van der Waals surface area contributed by atoms with Gasteiger partial charge in [0.05, 0.1) is 6.54 Å². The molecule has 1 heterocycles. The van der Waals surface area contributed by atoms with Crippen LogP contribution in [0.1, 0.15) is 48.9 Å². The van der Waals surface area contributed by atoms with Gasteiger partial charge in [0.25, 0.3) is 5.91 Å². The predicted molar refractivity (Wildman–Crippen MR) is 103 cm³/mol. The van der Waals surface area contributed by atoms with E-state index in [0.29, 0.717) is 37.7 Å². The molecule has 0 aromatic heterocycles. The first-order chi connectivity index (χ1) is 13.1. The summed E-state index contributed by atoms with van der Waals surface area (Å²) >= 11 is 0. The fraction of sp³-hybridized carbons (Fsp3) is 0.619. The molecule has 2 fully saturated rings. The molecule has 27 heavy (non-hydrogen) atoms. The Morgan fingerprint density at radius 1 is 1.04 bits per heavy atom. The van der Waals surface area contributed by atoms with Gasteiger partial charge >= 0.3 is 0 Å². The van der Waals surface area contributed by atoms with Crippen LogP contribution < -0.4 is 5.32 Å². The number of carbonyl (C=O) groups is 2. The predicted octanol–water partition coefficient (Wildman–Crippen LogP) is 2.67. The van der Waals surface area contributed by atoms with Gasteiger partial charge in [0, 0.05) is 38.3 Å². The van der Waals surface area contributed by atoms with Crippen molar-refractivity contribution in [3.05, 3.63) is 35.6 Å². The van der Waals surface area contributed by atoms with Gasteiger partial charge in [-0.25, -0.2) is 4.39 Å². The van der Waals surface area contributed by atoms with Crippen molar-refractivity contribution in [3.8, 4) is 0 Å². The van der Waals surface area contributed by atoms with Gasteiger partial charge in [-0.2, -0.15) is 0 Å². The molecule has 0 bridgehead atoms. The van der Waals surface area contributed by atoms with Crippen LogP contribution in [0, 0.1) is 11.7 Å². The van der Waals surface area contributed by atoms with Gasteiger partial charge in [0.1, 0.15) is 5.82 Å². The molecule has 2 amide bonds. The molecule has 0 unspecified atom stereocenters. The number of nitrogens with zero attached hydrogens (tertiary/aromatic N) is 2. The molecule has 3 rings (SSSR count). The number of rotatable bonds is 5. The average Bonchev–Trinajstić information content (AvgIpc) is 2.92. The van der Waals surface area contributed by atoms with Crippen LogP contribution >= 0.6 is 0 Å². The number of hydrogen-bond acceptors (Lipinski definition) is 3. The number of carbonyl (C=O) groups excluding carboxylic acids is 2. The zero-order chi connectivity index (χ0) is 19.1. The summed E-state index contributed by atoms with van der Waals surface area (Å²) in [5.74, 6) is 0.168. The van der Waals surface area contributed by atoms with Crippen LogP contribution in [0.25, 0.3) is 0 Å². The Bertz CT molecular complexity index is 646. The molecule has 0 atom stereocenters. The fourth-order valence-electron chi connectivity index (χ4n) is 4.04. The van der Waals surface area contributed by atoms with Crippen molar-refractivity contribution in [2.45, 2.75) is 38.5 Å². The largest absolute Gasteiger partial charge is 0.355 e. The Kier molecular flexibility index (Phi) is 7.21. The van der Waals surface area contributed by atoms with Crippen LogP contribution in [0.2, 0.25) is 0 Å². The molecule has 1 aliphatic carbocycles. The molecule has 1 saturated carbocycles. The van der Waals surface area contributed by atoms with Crippen molar-refractivity contribution in [1.82, 2.24) is 15.1 Å². The fourth-order valence-corrected chi connectivity index (χ4v) is 4.04. The summed E-state index contributed by atoms with van der Waals surface area (Å²) in [5.41, 5.74) is 0.383. The van der Waals surface area contributed by atoms with E-state index in [2.05, 4.69) is 10.2 Å². The van der Waals surface area contributed by atoms with Gasteiger partial charge in [-0.15, -0.1) is 0 Å². The van der Waals surface area contributed by atoms with E-state index in [-0.39, 0.29) is 11.8 Å². The van der Waals surface area contributed by atoms with Gasteiger partial charge in [0.2, 0.25) is 5.91 Å². The maximum absolute atomic E-state index is 13.4. The molecule has 6 heteroatoms. The molecule has 1 N–H and O–H groups in total. The molecule has 2 aliphatic rings. The van der Waals surface area contributed by atoms with Crippen LogP contribution in [0.4, 0.5) is 4.39 Å². The van der Waals surface area contributed by atoms with Gasteiger partial charge in [-0.05, 0) is 43.4 Å².